The van der Waals surface area contributed by atoms with Gasteiger partial charge < -0.3 is 14.3 Å². The Morgan fingerprint density at radius 1 is 1.11 bits per heavy atom. The Hall–Kier alpha value is -3.60. The van der Waals surface area contributed by atoms with E-state index in [1.165, 1.54) is 5.56 Å². The number of aromatic nitrogens is 1. The fourth-order valence-corrected chi connectivity index (χ4v) is 2.87. The number of hydrogen-bond acceptors (Lipinski definition) is 5. The zero-order chi connectivity index (χ0) is 19.5. The van der Waals surface area contributed by atoms with E-state index >= 15 is 0 Å². The standard InChI is InChI=1S/C23H20N2O3/c1-3-27-20-6-4-5-17(22(20)26)14-24-18-11-12-19-21(13-18)28-23(25-19)16-9-7-15(2)8-10-16/h4-14,26H,3H2,1-2H3. The van der Waals surface area contributed by atoms with Crippen LogP contribution in [-0.4, -0.2) is 22.9 Å². The van der Waals surface area contributed by atoms with Crippen molar-refractivity contribution in [3.8, 4) is 23.0 Å². The van der Waals surface area contributed by atoms with E-state index in [9.17, 15) is 5.11 Å². The summed E-state index contributed by atoms with van der Waals surface area (Å²) in [5, 5.41) is 10.3. The first-order valence-corrected chi connectivity index (χ1v) is 9.10. The third kappa shape index (κ3) is 3.60. The van der Waals surface area contributed by atoms with Crippen LogP contribution in [0.1, 0.15) is 18.1 Å². The fraction of sp³-hybridized carbons (Fsp3) is 0.130. The lowest BCUT2D eigenvalue weighted by atomic mass is 10.1. The smallest absolute Gasteiger partial charge is 0.227 e. The molecule has 0 spiro atoms. The van der Waals surface area contributed by atoms with Crippen molar-refractivity contribution in [1.82, 2.24) is 4.98 Å². The van der Waals surface area contributed by atoms with Gasteiger partial charge in [0.2, 0.25) is 5.89 Å². The Labute approximate surface area is 163 Å². The normalized spacial score (nSPS) is 11.4. The maximum Gasteiger partial charge on any atom is 0.227 e. The molecule has 5 heteroatoms. The lowest BCUT2D eigenvalue weighted by molar-refractivity contribution is 0.318. The summed E-state index contributed by atoms with van der Waals surface area (Å²) in [6.07, 6.45) is 1.61. The molecule has 28 heavy (non-hydrogen) atoms. The third-order valence-electron chi connectivity index (χ3n) is 4.35. The van der Waals surface area contributed by atoms with Crippen LogP contribution in [0, 0.1) is 6.92 Å². The van der Waals surface area contributed by atoms with E-state index in [-0.39, 0.29) is 5.75 Å². The van der Waals surface area contributed by atoms with E-state index in [1.807, 2.05) is 62.4 Å². The van der Waals surface area contributed by atoms with Crippen LogP contribution in [0.2, 0.25) is 0 Å². The van der Waals surface area contributed by atoms with Gasteiger partial charge in [-0.05, 0) is 50.2 Å². The van der Waals surface area contributed by atoms with Crippen LogP contribution in [0.25, 0.3) is 22.6 Å². The molecule has 0 saturated heterocycles. The largest absolute Gasteiger partial charge is 0.504 e. The van der Waals surface area contributed by atoms with E-state index in [0.717, 1.165) is 11.1 Å². The van der Waals surface area contributed by atoms with Gasteiger partial charge in [-0.1, -0.05) is 23.8 Å². The zero-order valence-corrected chi connectivity index (χ0v) is 15.7. The van der Waals surface area contributed by atoms with Crippen LogP contribution in [0.15, 0.2) is 70.1 Å². The van der Waals surface area contributed by atoms with Crippen LogP contribution in [0.5, 0.6) is 11.5 Å². The molecule has 4 aromatic rings. The Morgan fingerprint density at radius 3 is 2.71 bits per heavy atom. The summed E-state index contributed by atoms with van der Waals surface area (Å²) in [5.74, 6) is 1.11. The van der Waals surface area contributed by atoms with Gasteiger partial charge in [0.25, 0.3) is 0 Å². The molecule has 0 amide bonds. The van der Waals surface area contributed by atoms with Crippen molar-refractivity contribution >= 4 is 23.0 Å². The van der Waals surface area contributed by atoms with Crippen LogP contribution in [0.3, 0.4) is 0 Å². The van der Waals surface area contributed by atoms with Gasteiger partial charge in [-0.3, -0.25) is 4.99 Å². The number of oxazole rings is 1. The molecule has 1 heterocycles. The number of ether oxygens (including phenoxy) is 1. The monoisotopic (exact) mass is 372 g/mol. The number of aliphatic imine (C=N–C) groups is 1. The summed E-state index contributed by atoms with van der Waals surface area (Å²) >= 11 is 0. The molecule has 0 radical (unpaired) electrons. The molecular weight excluding hydrogens is 352 g/mol. The Morgan fingerprint density at radius 2 is 1.93 bits per heavy atom. The number of hydrogen-bond donors (Lipinski definition) is 1. The van der Waals surface area contributed by atoms with Gasteiger partial charge in [-0.25, -0.2) is 4.98 Å². The maximum absolute atomic E-state index is 10.3. The second kappa shape index (κ2) is 7.56. The molecule has 0 bridgehead atoms. The predicted molar refractivity (Wildman–Crippen MR) is 111 cm³/mol. The number of fused-ring (bicyclic) bond motifs is 1. The van der Waals surface area contributed by atoms with Gasteiger partial charge in [0, 0.05) is 23.4 Å². The van der Waals surface area contributed by atoms with Gasteiger partial charge in [0.05, 0.1) is 12.3 Å². The molecular formula is C23H20N2O3. The van der Waals surface area contributed by atoms with Crippen molar-refractivity contribution in [2.24, 2.45) is 4.99 Å². The molecule has 0 saturated carbocycles. The van der Waals surface area contributed by atoms with Gasteiger partial charge in [0.15, 0.2) is 17.1 Å². The minimum absolute atomic E-state index is 0.0792. The van der Waals surface area contributed by atoms with Crippen LogP contribution >= 0.6 is 0 Å². The number of rotatable bonds is 5. The lowest BCUT2D eigenvalue weighted by Crippen LogP contribution is -1.93. The van der Waals surface area contributed by atoms with Crippen molar-refractivity contribution in [2.45, 2.75) is 13.8 Å². The SMILES string of the molecule is CCOc1cccc(C=Nc2ccc3nc(-c4ccc(C)cc4)oc3c2)c1O. The fourth-order valence-electron chi connectivity index (χ4n) is 2.87. The number of aryl methyl sites for hydroxylation is 1. The van der Waals surface area contributed by atoms with Crippen molar-refractivity contribution < 1.29 is 14.3 Å². The summed E-state index contributed by atoms with van der Waals surface area (Å²) in [7, 11) is 0. The first-order valence-electron chi connectivity index (χ1n) is 9.10. The topological polar surface area (TPSA) is 67.9 Å². The molecule has 5 nitrogen and oxygen atoms in total. The molecule has 1 aromatic heterocycles. The summed E-state index contributed by atoms with van der Waals surface area (Å²) in [6, 6.07) is 18.9. The van der Waals surface area contributed by atoms with Crippen molar-refractivity contribution in [3.63, 3.8) is 0 Å². The Balaban J connectivity index is 1.62. The molecule has 3 aromatic carbocycles. The Bertz CT molecular complexity index is 1140. The second-order valence-electron chi connectivity index (χ2n) is 6.42. The van der Waals surface area contributed by atoms with E-state index in [2.05, 4.69) is 9.98 Å². The maximum atomic E-state index is 10.3. The highest BCUT2D eigenvalue weighted by atomic mass is 16.5. The number of phenols is 1. The summed E-state index contributed by atoms with van der Waals surface area (Å²) in [6.45, 7) is 4.40. The van der Waals surface area contributed by atoms with Gasteiger partial charge in [0.1, 0.15) is 5.52 Å². The predicted octanol–water partition coefficient (Wildman–Crippen LogP) is 5.66. The van der Waals surface area contributed by atoms with Gasteiger partial charge >= 0.3 is 0 Å². The minimum atomic E-state index is 0.0792. The molecule has 0 atom stereocenters. The van der Waals surface area contributed by atoms with Crippen molar-refractivity contribution in [2.75, 3.05) is 6.61 Å². The first-order chi connectivity index (χ1) is 13.6. The van der Waals surface area contributed by atoms with Crippen molar-refractivity contribution in [3.05, 3.63) is 71.8 Å². The molecule has 0 aliphatic rings. The van der Waals surface area contributed by atoms with Crippen LogP contribution in [-0.2, 0) is 0 Å². The summed E-state index contributed by atoms with van der Waals surface area (Å²) in [5.41, 5.74) is 4.86. The molecule has 0 fully saturated rings. The second-order valence-corrected chi connectivity index (χ2v) is 6.42. The van der Waals surface area contributed by atoms with Gasteiger partial charge in [-0.15, -0.1) is 0 Å². The number of phenolic OH excluding ortho intramolecular Hbond substituents is 1. The highest BCUT2D eigenvalue weighted by molar-refractivity contribution is 5.88. The summed E-state index contributed by atoms with van der Waals surface area (Å²) < 4.78 is 11.3. The van der Waals surface area contributed by atoms with E-state index in [4.69, 9.17) is 9.15 Å². The third-order valence-corrected chi connectivity index (χ3v) is 4.35. The molecule has 0 unspecified atom stereocenters. The molecule has 4 rings (SSSR count). The van der Waals surface area contributed by atoms with Crippen LogP contribution in [0.4, 0.5) is 5.69 Å². The average molecular weight is 372 g/mol. The minimum Gasteiger partial charge on any atom is -0.504 e. The van der Waals surface area contributed by atoms with Crippen molar-refractivity contribution in [1.29, 1.82) is 0 Å². The number of nitrogens with zero attached hydrogens (tertiary/aromatic N) is 2. The number of para-hydroxylation sites is 1. The number of benzene rings is 3. The highest BCUT2D eigenvalue weighted by Gasteiger charge is 2.09. The summed E-state index contributed by atoms with van der Waals surface area (Å²) in [4.78, 5) is 9.00. The number of aromatic hydroxyl groups is 1. The lowest BCUT2D eigenvalue weighted by Gasteiger charge is -2.07. The van der Waals surface area contributed by atoms with E-state index in [0.29, 0.717) is 35.1 Å². The molecule has 1 N–H and O–H groups in total. The quantitative estimate of drug-likeness (QED) is 0.459. The van der Waals surface area contributed by atoms with E-state index in [1.54, 1.807) is 18.3 Å². The zero-order valence-electron chi connectivity index (χ0n) is 15.7. The average Bonchev–Trinajstić information content (AvgIpc) is 3.12. The van der Waals surface area contributed by atoms with Crippen LogP contribution < -0.4 is 4.74 Å². The Kier molecular flexibility index (Phi) is 4.81. The first kappa shape index (κ1) is 17.8. The molecule has 140 valence electrons. The molecule has 0 aliphatic heterocycles. The highest BCUT2D eigenvalue weighted by Crippen LogP contribution is 2.30. The molecule has 0 aliphatic carbocycles. The van der Waals surface area contributed by atoms with Gasteiger partial charge in [-0.2, -0.15) is 0 Å². The van der Waals surface area contributed by atoms with E-state index < -0.39 is 0 Å².